The summed E-state index contributed by atoms with van der Waals surface area (Å²) in [5.41, 5.74) is 0. The molecule has 27 heavy (non-hydrogen) atoms. The maximum Gasteiger partial charge on any atom is 0.305 e. The van der Waals surface area contributed by atoms with Crippen molar-refractivity contribution in [3.05, 3.63) is 0 Å². The van der Waals surface area contributed by atoms with Gasteiger partial charge in [0.05, 0.1) is 39.5 Å². The number of aliphatic carboxylic acids is 1. The number of ether oxygens (including phenoxy) is 3. The highest BCUT2D eigenvalue weighted by Crippen LogP contribution is 2.12. The molecule has 0 aliphatic heterocycles. The zero-order chi connectivity index (χ0) is 19.8. The Hall–Kier alpha value is -0.650. The lowest BCUT2D eigenvalue weighted by atomic mass is 10.0. The van der Waals surface area contributed by atoms with E-state index in [1.54, 1.807) is 0 Å². The molecular formula is C22H44O5. The Labute approximate surface area is 167 Å². The summed E-state index contributed by atoms with van der Waals surface area (Å²) in [6, 6.07) is 0. The zero-order valence-electron chi connectivity index (χ0n) is 17.7. The lowest BCUT2D eigenvalue weighted by Gasteiger charge is -2.06. The van der Waals surface area contributed by atoms with Crippen LogP contribution < -0.4 is 0 Å². The molecule has 0 aromatic rings. The Morgan fingerprint density at radius 2 is 0.926 bits per heavy atom. The third-order valence-corrected chi connectivity index (χ3v) is 4.60. The van der Waals surface area contributed by atoms with Crippen molar-refractivity contribution in [2.75, 3.05) is 39.6 Å². The molecule has 5 heteroatoms. The first kappa shape index (κ1) is 26.4. The van der Waals surface area contributed by atoms with Crippen LogP contribution in [0, 0.1) is 0 Å². The highest BCUT2D eigenvalue weighted by atomic mass is 16.5. The molecule has 0 aromatic carbocycles. The van der Waals surface area contributed by atoms with E-state index in [4.69, 9.17) is 19.3 Å². The van der Waals surface area contributed by atoms with Gasteiger partial charge in [-0.2, -0.15) is 0 Å². The largest absolute Gasteiger partial charge is 0.481 e. The van der Waals surface area contributed by atoms with Gasteiger partial charge in [0.15, 0.2) is 0 Å². The molecule has 0 fully saturated rings. The smallest absolute Gasteiger partial charge is 0.305 e. The first-order valence-electron chi connectivity index (χ1n) is 11.2. The predicted octanol–water partition coefficient (Wildman–Crippen LogP) is 5.60. The number of hydrogen-bond donors (Lipinski definition) is 1. The molecular weight excluding hydrogens is 344 g/mol. The van der Waals surface area contributed by atoms with E-state index in [1.165, 1.54) is 77.0 Å². The van der Waals surface area contributed by atoms with Gasteiger partial charge in [-0.15, -0.1) is 0 Å². The Morgan fingerprint density at radius 3 is 1.37 bits per heavy atom. The van der Waals surface area contributed by atoms with Gasteiger partial charge in [-0.3, -0.25) is 4.79 Å². The summed E-state index contributed by atoms with van der Waals surface area (Å²) in [7, 11) is 0. The van der Waals surface area contributed by atoms with Crippen LogP contribution in [0.1, 0.15) is 96.8 Å². The lowest BCUT2D eigenvalue weighted by Crippen LogP contribution is -2.11. The molecule has 0 rings (SSSR count). The zero-order valence-corrected chi connectivity index (χ0v) is 17.7. The van der Waals surface area contributed by atoms with Crippen molar-refractivity contribution >= 4 is 5.97 Å². The number of unbranched alkanes of at least 4 members (excludes halogenated alkanes) is 12. The number of rotatable bonds is 23. The molecule has 0 radical (unpaired) electrons. The number of carboxylic acids is 1. The van der Waals surface area contributed by atoms with E-state index in [2.05, 4.69) is 6.92 Å². The van der Waals surface area contributed by atoms with E-state index in [9.17, 15) is 4.79 Å². The summed E-state index contributed by atoms with van der Waals surface area (Å²) in [6.45, 7) is 5.44. The average molecular weight is 389 g/mol. The second kappa shape index (κ2) is 23.4. The van der Waals surface area contributed by atoms with Gasteiger partial charge in [0, 0.05) is 6.61 Å². The Bertz CT molecular complexity index is 296. The minimum absolute atomic E-state index is 0.0439. The summed E-state index contributed by atoms with van der Waals surface area (Å²) in [6.07, 6.45) is 17.8. The fourth-order valence-corrected chi connectivity index (χ4v) is 2.92. The SMILES string of the molecule is CCCCCCCCCCCCCCCOCCOCCOCCC(=O)O. The van der Waals surface area contributed by atoms with Crippen molar-refractivity contribution in [1.29, 1.82) is 0 Å². The quantitative estimate of drug-likeness (QED) is 0.231. The fraction of sp³-hybridized carbons (Fsp3) is 0.955. The third kappa shape index (κ3) is 25.3. The monoisotopic (exact) mass is 388 g/mol. The summed E-state index contributed by atoms with van der Waals surface area (Å²) in [5.74, 6) is -0.836. The second-order valence-electron chi connectivity index (χ2n) is 7.22. The molecule has 1 N–H and O–H groups in total. The number of carboxylic acid groups (broad SMARTS) is 1. The van der Waals surface area contributed by atoms with Crippen LogP contribution in [0.25, 0.3) is 0 Å². The Balaban J connectivity index is 2.98. The molecule has 5 nitrogen and oxygen atoms in total. The summed E-state index contributed by atoms with van der Waals surface area (Å²) < 4.78 is 16.0. The van der Waals surface area contributed by atoms with Crippen LogP contribution >= 0.6 is 0 Å². The molecule has 0 unspecified atom stereocenters. The van der Waals surface area contributed by atoms with Crippen molar-refractivity contribution < 1.29 is 24.1 Å². The van der Waals surface area contributed by atoms with Crippen molar-refractivity contribution in [3.63, 3.8) is 0 Å². The van der Waals surface area contributed by atoms with Gasteiger partial charge in [0.2, 0.25) is 0 Å². The Kier molecular flexibility index (Phi) is 22.8. The molecule has 0 saturated carbocycles. The van der Waals surface area contributed by atoms with E-state index < -0.39 is 5.97 Å². The van der Waals surface area contributed by atoms with Crippen LogP contribution in [0.3, 0.4) is 0 Å². The van der Waals surface area contributed by atoms with Gasteiger partial charge in [-0.05, 0) is 6.42 Å². The van der Waals surface area contributed by atoms with Gasteiger partial charge in [0.1, 0.15) is 0 Å². The number of carbonyl (C=O) groups is 1. The van der Waals surface area contributed by atoms with Crippen molar-refractivity contribution in [2.24, 2.45) is 0 Å². The highest BCUT2D eigenvalue weighted by Gasteiger charge is 1.97. The van der Waals surface area contributed by atoms with Gasteiger partial charge in [-0.1, -0.05) is 84.0 Å². The van der Waals surface area contributed by atoms with E-state index in [0.29, 0.717) is 26.4 Å². The molecule has 0 aromatic heterocycles. The molecule has 0 aliphatic carbocycles. The molecule has 0 heterocycles. The molecule has 162 valence electrons. The maximum absolute atomic E-state index is 10.3. The second-order valence-corrected chi connectivity index (χ2v) is 7.22. The summed E-state index contributed by atoms with van der Waals surface area (Å²) in [5, 5.41) is 8.45. The van der Waals surface area contributed by atoms with E-state index in [1.807, 2.05) is 0 Å². The summed E-state index contributed by atoms with van der Waals surface area (Å²) >= 11 is 0. The van der Waals surface area contributed by atoms with Gasteiger partial charge in [0.25, 0.3) is 0 Å². The van der Waals surface area contributed by atoms with E-state index in [0.717, 1.165) is 13.0 Å². The van der Waals surface area contributed by atoms with Crippen LogP contribution in [0.2, 0.25) is 0 Å². The highest BCUT2D eigenvalue weighted by molar-refractivity contribution is 5.66. The Morgan fingerprint density at radius 1 is 0.556 bits per heavy atom. The predicted molar refractivity (Wildman–Crippen MR) is 110 cm³/mol. The first-order valence-corrected chi connectivity index (χ1v) is 11.2. The molecule has 0 bridgehead atoms. The van der Waals surface area contributed by atoms with Crippen LogP contribution in [0.5, 0.6) is 0 Å². The molecule has 0 saturated heterocycles. The standard InChI is InChI=1S/C22H44O5/c1-2-3-4-5-6-7-8-9-10-11-12-13-14-16-25-18-20-27-21-19-26-17-15-22(23)24/h2-21H2,1H3,(H,23,24). The fourth-order valence-electron chi connectivity index (χ4n) is 2.92. The molecule has 0 atom stereocenters. The third-order valence-electron chi connectivity index (χ3n) is 4.60. The lowest BCUT2D eigenvalue weighted by molar-refractivity contribution is -0.138. The maximum atomic E-state index is 10.3. The van der Waals surface area contributed by atoms with Crippen LogP contribution in [-0.2, 0) is 19.0 Å². The van der Waals surface area contributed by atoms with E-state index >= 15 is 0 Å². The average Bonchev–Trinajstić information content (AvgIpc) is 2.65. The molecule has 0 aliphatic rings. The van der Waals surface area contributed by atoms with Gasteiger partial charge < -0.3 is 19.3 Å². The van der Waals surface area contributed by atoms with Crippen LogP contribution in [0.4, 0.5) is 0 Å². The topological polar surface area (TPSA) is 65.0 Å². The first-order chi connectivity index (χ1) is 13.3. The minimum atomic E-state index is -0.836. The summed E-state index contributed by atoms with van der Waals surface area (Å²) in [4.78, 5) is 10.3. The van der Waals surface area contributed by atoms with Crippen LogP contribution in [0.15, 0.2) is 0 Å². The molecule has 0 amide bonds. The number of hydrogen-bond acceptors (Lipinski definition) is 4. The van der Waals surface area contributed by atoms with Gasteiger partial charge >= 0.3 is 5.97 Å². The normalized spacial score (nSPS) is 11.1. The van der Waals surface area contributed by atoms with Crippen molar-refractivity contribution in [3.8, 4) is 0 Å². The molecule has 0 spiro atoms. The minimum Gasteiger partial charge on any atom is -0.481 e. The van der Waals surface area contributed by atoms with Gasteiger partial charge in [-0.25, -0.2) is 0 Å². The van der Waals surface area contributed by atoms with Crippen LogP contribution in [-0.4, -0.2) is 50.7 Å². The van der Waals surface area contributed by atoms with E-state index in [-0.39, 0.29) is 13.0 Å². The van der Waals surface area contributed by atoms with Crippen molar-refractivity contribution in [1.82, 2.24) is 0 Å². The van der Waals surface area contributed by atoms with Crippen molar-refractivity contribution in [2.45, 2.75) is 96.8 Å².